The van der Waals surface area contributed by atoms with E-state index in [4.69, 9.17) is 5.11 Å². The van der Waals surface area contributed by atoms with Crippen molar-refractivity contribution in [2.24, 2.45) is 5.92 Å². The van der Waals surface area contributed by atoms with Crippen LogP contribution in [-0.4, -0.2) is 41.5 Å². The quantitative estimate of drug-likeness (QED) is 0.766. The lowest BCUT2D eigenvalue weighted by Gasteiger charge is -2.38. The van der Waals surface area contributed by atoms with E-state index in [2.05, 4.69) is 4.90 Å². The Morgan fingerprint density at radius 1 is 1.37 bits per heavy atom. The largest absolute Gasteiger partial charge is 0.395 e. The first kappa shape index (κ1) is 14.2. The third-order valence-electron chi connectivity index (χ3n) is 3.99. The molecule has 1 aliphatic rings. The van der Waals surface area contributed by atoms with Crippen LogP contribution in [-0.2, 0) is 0 Å². The summed E-state index contributed by atoms with van der Waals surface area (Å²) in [6, 6.07) is 10.0. The van der Waals surface area contributed by atoms with E-state index in [0.717, 1.165) is 12.1 Å². The molecule has 0 saturated heterocycles. The SMILES string of the molecule is CC(CN(CCO)C1CCC1)C(=O)c1ccccc1. The van der Waals surface area contributed by atoms with E-state index in [-0.39, 0.29) is 18.3 Å². The number of hydrogen-bond acceptors (Lipinski definition) is 3. The number of carbonyl (C=O) groups is 1. The summed E-state index contributed by atoms with van der Waals surface area (Å²) in [5.41, 5.74) is 0.785. The number of carbonyl (C=O) groups excluding carboxylic acids is 1. The zero-order chi connectivity index (χ0) is 13.7. The van der Waals surface area contributed by atoms with Crippen molar-refractivity contribution in [1.82, 2.24) is 4.90 Å². The van der Waals surface area contributed by atoms with E-state index in [0.29, 0.717) is 12.6 Å². The molecule has 3 heteroatoms. The highest BCUT2D eigenvalue weighted by atomic mass is 16.3. The topological polar surface area (TPSA) is 40.5 Å². The first-order valence-electron chi connectivity index (χ1n) is 7.16. The summed E-state index contributed by atoms with van der Waals surface area (Å²) >= 11 is 0. The minimum atomic E-state index is -0.0189. The second-order valence-corrected chi connectivity index (χ2v) is 5.43. The summed E-state index contributed by atoms with van der Waals surface area (Å²) < 4.78 is 0. The van der Waals surface area contributed by atoms with Gasteiger partial charge in [-0.15, -0.1) is 0 Å². The van der Waals surface area contributed by atoms with Crippen LogP contribution in [0.25, 0.3) is 0 Å². The standard InChI is InChI=1S/C16H23NO2/c1-13(16(19)14-6-3-2-4-7-14)12-17(10-11-18)15-8-5-9-15/h2-4,6-7,13,15,18H,5,8-12H2,1H3. The van der Waals surface area contributed by atoms with Crippen molar-refractivity contribution in [3.05, 3.63) is 35.9 Å². The van der Waals surface area contributed by atoms with Gasteiger partial charge in [-0.3, -0.25) is 9.69 Å². The Labute approximate surface area is 115 Å². The van der Waals surface area contributed by atoms with Gasteiger partial charge in [0.25, 0.3) is 0 Å². The fourth-order valence-corrected chi connectivity index (χ4v) is 2.62. The molecule has 1 saturated carbocycles. The monoisotopic (exact) mass is 261 g/mol. The van der Waals surface area contributed by atoms with Gasteiger partial charge in [0.05, 0.1) is 6.61 Å². The minimum absolute atomic E-state index is 0.0189. The van der Waals surface area contributed by atoms with E-state index in [9.17, 15) is 4.79 Å². The molecule has 2 rings (SSSR count). The highest BCUT2D eigenvalue weighted by molar-refractivity contribution is 5.97. The number of Topliss-reactive ketones (excluding diaryl/α,β-unsaturated/α-hetero) is 1. The maximum absolute atomic E-state index is 12.3. The van der Waals surface area contributed by atoms with Gasteiger partial charge >= 0.3 is 0 Å². The highest BCUT2D eigenvalue weighted by Crippen LogP contribution is 2.25. The van der Waals surface area contributed by atoms with Gasteiger partial charge in [0.15, 0.2) is 5.78 Å². The van der Waals surface area contributed by atoms with Crippen molar-refractivity contribution in [2.75, 3.05) is 19.7 Å². The van der Waals surface area contributed by atoms with Gasteiger partial charge in [0, 0.05) is 30.6 Å². The first-order valence-corrected chi connectivity index (χ1v) is 7.16. The molecule has 1 N–H and O–H groups in total. The molecule has 0 amide bonds. The van der Waals surface area contributed by atoms with Gasteiger partial charge < -0.3 is 5.11 Å². The Bertz CT molecular complexity index is 400. The number of nitrogens with zero attached hydrogens (tertiary/aromatic N) is 1. The van der Waals surface area contributed by atoms with E-state index in [1.165, 1.54) is 19.3 Å². The number of benzene rings is 1. The third kappa shape index (κ3) is 3.64. The smallest absolute Gasteiger partial charge is 0.166 e. The molecule has 1 aliphatic carbocycles. The molecule has 1 fully saturated rings. The zero-order valence-electron chi connectivity index (χ0n) is 11.6. The van der Waals surface area contributed by atoms with E-state index in [1.54, 1.807) is 0 Å². The van der Waals surface area contributed by atoms with Gasteiger partial charge in [-0.2, -0.15) is 0 Å². The molecular formula is C16H23NO2. The van der Waals surface area contributed by atoms with Gasteiger partial charge in [-0.05, 0) is 12.8 Å². The molecule has 1 aromatic rings. The summed E-state index contributed by atoms with van der Waals surface area (Å²) in [7, 11) is 0. The summed E-state index contributed by atoms with van der Waals surface area (Å²) in [5, 5.41) is 9.15. The van der Waals surface area contributed by atoms with Gasteiger partial charge in [-0.1, -0.05) is 43.7 Å². The van der Waals surface area contributed by atoms with Crippen molar-refractivity contribution in [2.45, 2.75) is 32.2 Å². The van der Waals surface area contributed by atoms with Crippen molar-refractivity contribution < 1.29 is 9.90 Å². The lowest BCUT2D eigenvalue weighted by atomic mass is 9.90. The minimum Gasteiger partial charge on any atom is -0.395 e. The molecule has 0 bridgehead atoms. The fourth-order valence-electron chi connectivity index (χ4n) is 2.62. The first-order chi connectivity index (χ1) is 9.22. The maximum Gasteiger partial charge on any atom is 0.166 e. The molecule has 3 nitrogen and oxygen atoms in total. The average Bonchev–Trinajstić information content (AvgIpc) is 2.37. The summed E-state index contributed by atoms with van der Waals surface area (Å²) in [4.78, 5) is 14.6. The van der Waals surface area contributed by atoms with Crippen LogP contribution in [0.5, 0.6) is 0 Å². The molecule has 104 valence electrons. The van der Waals surface area contributed by atoms with Crippen LogP contribution in [0, 0.1) is 5.92 Å². The van der Waals surface area contributed by atoms with Gasteiger partial charge in [0.2, 0.25) is 0 Å². The van der Waals surface area contributed by atoms with Crippen molar-refractivity contribution in [3.63, 3.8) is 0 Å². The lowest BCUT2D eigenvalue weighted by molar-refractivity contribution is 0.0717. The van der Waals surface area contributed by atoms with E-state index >= 15 is 0 Å². The zero-order valence-corrected chi connectivity index (χ0v) is 11.6. The van der Waals surface area contributed by atoms with Gasteiger partial charge in [-0.25, -0.2) is 0 Å². The van der Waals surface area contributed by atoms with Crippen molar-refractivity contribution in [3.8, 4) is 0 Å². The third-order valence-corrected chi connectivity index (χ3v) is 3.99. The Morgan fingerprint density at radius 2 is 2.05 bits per heavy atom. The Balaban J connectivity index is 1.94. The molecule has 0 radical (unpaired) electrons. The van der Waals surface area contributed by atoms with Crippen molar-refractivity contribution >= 4 is 5.78 Å². The average molecular weight is 261 g/mol. The predicted molar refractivity (Wildman–Crippen MR) is 76.2 cm³/mol. The van der Waals surface area contributed by atoms with Crippen LogP contribution in [0.4, 0.5) is 0 Å². The maximum atomic E-state index is 12.3. The Hall–Kier alpha value is -1.19. The highest BCUT2D eigenvalue weighted by Gasteiger charge is 2.27. The lowest BCUT2D eigenvalue weighted by Crippen LogP contribution is -2.45. The second kappa shape index (κ2) is 6.83. The molecule has 19 heavy (non-hydrogen) atoms. The van der Waals surface area contributed by atoms with Crippen LogP contribution in [0.3, 0.4) is 0 Å². The number of hydrogen-bond donors (Lipinski definition) is 1. The van der Waals surface area contributed by atoms with Crippen LogP contribution in [0.15, 0.2) is 30.3 Å². The second-order valence-electron chi connectivity index (χ2n) is 5.43. The van der Waals surface area contributed by atoms with Crippen LogP contribution in [0.2, 0.25) is 0 Å². The number of rotatable bonds is 7. The predicted octanol–water partition coefficient (Wildman–Crippen LogP) is 2.35. The van der Waals surface area contributed by atoms with Crippen molar-refractivity contribution in [1.29, 1.82) is 0 Å². The molecule has 1 unspecified atom stereocenters. The van der Waals surface area contributed by atoms with Gasteiger partial charge in [0.1, 0.15) is 0 Å². The normalized spacial score (nSPS) is 17.2. The summed E-state index contributed by atoms with van der Waals surface area (Å²) in [6.07, 6.45) is 3.67. The number of ketones is 1. The molecule has 1 atom stereocenters. The van der Waals surface area contributed by atoms with E-state index in [1.807, 2.05) is 37.3 Å². The fraction of sp³-hybridized carbons (Fsp3) is 0.562. The van der Waals surface area contributed by atoms with E-state index < -0.39 is 0 Å². The summed E-state index contributed by atoms with van der Waals surface area (Å²) in [6.45, 7) is 3.58. The molecule has 1 aromatic carbocycles. The number of aliphatic hydroxyl groups is 1. The van der Waals surface area contributed by atoms with Crippen LogP contribution >= 0.6 is 0 Å². The Morgan fingerprint density at radius 3 is 2.58 bits per heavy atom. The molecule has 0 aromatic heterocycles. The van der Waals surface area contributed by atoms with Crippen LogP contribution < -0.4 is 0 Å². The Kier molecular flexibility index (Phi) is 5.11. The molecular weight excluding hydrogens is 238 g/mol. The number of aliphatic hydroxyl groups excluding tert-OH is 1. The molecule has 0 heterocycles. The molecule has 0 aliphatic heterocycles. The molecule has 0 spiro atoms. The summed E-state index contributed by atoms with van der Waals surface area (Å²) in [5.74, 6) is 0.178. The van der Waals surface area contributed by atoms with Crippen LogP contribution in [0.1, 0.15) is 36.5 Å².